The first-order valence-corrected chi connectivity index (χ1v) is 10.5. The Hall–Kier alpha value is -3.47. The number of hydrogen-bond donors (Lipinski definition) is 2. The van der Waals surface area contributed by atoms with Gasteiger partial charge in [-0.3, -0.25) is 4.79 Å². The van der Waals surface area contributed by atoms with E-state index < -0.39 is 59.9 Å². The van der Waals surface area contributed by atoms with Crippen LogP contribution in [0.5, 0.6) is 0 Å². The maximum Gasteiger partial charge on any atom is 0.416 e. The molecule has 0 aliphatic rings. The Bertz CT molecular complexity index is 1180. The van der Waals surface area contributed by atoms with Gasteiger partial charge in [0.25, 0.3) is 0 Å². The zero-order valence-electron chi connectivity index (χ0n) is 18.2. The molecule has 1 unspecified atom stereocenters. The van der Waals surface area contributed by atoms with E-state index in [1.807, 2.05) is 0 Å². The third-order valence-corrected chi connectivity index (χ3v) is 5.35. The molecule has 3 rings (SSSR count). The zero-order valence-corrected chi connectivity index (χ0v) is 18.2. The molecule has 0 spiro atoms. The van der Waals surface area contributed by atoms with Crippen molar-refractivity contribution < 1.29 is 45.0 Å². The second kappa shape index (κ2) is 10.7. The second-order valence-electron chi connectivity index (χ2n) is 8.03. The van der Waals surface area contributed by atoms with Gasteiger partial charge in [-0.15, -0.1) is 0 Å². The fraction of sp³-hybridized carbons (Fsp3) is 0.240. The molecule has 192 valence electrons. The molecule has 36 heavy (non-hydrogen) atoms. The highest BCUT2D eigenvalue weighted by Crippen LogP contribution is 2.40. The fourth-order valence-electron chi connectivity index (χ4n) is 3.78. The average Bonchev–Trinajstić information content (AvgIpc) is 2.78. The van der Waals surface area contributed by atoms with E-state index in [4.69, 9.17) is 0 Å². The van der Waals surface area contributed by atoms with Gasteiger partial charge in [-0.25, -0.2) is 8.78 Å². The highest BCUT2D eigenvalue weighted by Gasteiger charge is 2.38. The van der Waals surface area contributed by atoms with Crippen LogP contribution in [0.4, 0.5) is 35.1 Å². The molecule has 2 N–H and O–H groups in total. The Labute approximate surface area is 200 Å². The van der Waals surface area contributed by atoms with Crippen LogP contribution in [-0.2, 0) is 11.0 Å². The van der Waals surface area contributed by atoms with Crippen LogP contribution in [0.25, 0.3) is 0 Å². The Morgan fingerprint density at radius 1 is 0.778 bits per heavy atom. The van der Waals surface area contributed by atoms with E-state index in [0.717, 1.165) is 18.2 Å². The van der Waals surface area contributed by atoms with Crippen LogP contribution in [0.3, 0.4) is 0 Å². The SMILES string of the molecule is O=C(NC(c1ccc(F)cc1)[C@H](c1ccccc1)c1cc(F)cc(C(F)(F)F)c1)[C@H](O)CC(F)(F)F. The normalized spacial score (nSPS) is 14.7. The number of hydrogen-bond acceptors (Lipinski definition) is 2. The topological polar surface area (TPSA) is 49.3 Å². The summed E-state index contributed by atoms with van der Waals surface area (Å²) in [6, 6.07) is 12.2. The minimum Gasteiger partial charge on any atom is -0.383 e. The Morgan fingerprint density at radius 2 is 1.39 bits per heavy atom. The average molecular weight is 517 g/mol. The summed E-state index contributed by atoms with van der Waals surface area (Å²) in [6.07, 6.45) is -14.2. The highest BCUT2D eigenvalue weighted by atomic mass is 19.4. The van der Waals surface area contributed by atoms with Gasteiger partial charge in [0.05, 0.1) is 18.0 Å². The molecule has 0 aromatic heterocycles. The number of aliphatic hydroxyl groups is 1. The molecule has 3 aromatic rings. The molecule has 0 heterocycles. The van der Waals surface area contributed by atoms with Gasteiger partial charge in [-0.1, -0.05) is 42.5 Å². The third kappa shape index (κ3) is 7.03. The molecule has 0 bridgehead atoms. The quantitative estimate of drug-likeness (QED) is 0.362. The van der Waals surface area contributed by atoms with E-state index in [2.05, 4.69) is 5.32 Å². The summed E-state index contributed by atoms with van der Waals surface area (Å²) in [4.78, 5) is 12.5. The maximum atomic E-state index is 14.3. The van der Waals surface area contributed by atoms with Crippen molar-refractivity contribution in [3.8, 4) is 0 Å². The number of carbonyl (C=O) groups is 1. The highest BCUT2D eigenvalue weighted by molar-refractivity contribution is 5.81. The number of rotatable bonds is 7. The van der Waals surface area contributed by atoms with Crippen LogP contribution in [0.1, 0.15) is 40.6 Å². The number of amides is 1. The van der Waals surface area contributed by atoms with Crippen LogP contribution in [0.2, 0.25) is 0 Å². The smallest absolute Gasteiger partial charge is 0.383 e. The molecule has 0 fully saturated rings. The van der Waals surface area contributed by atoms with E-state index in [9.17, 15) is 45.0 Å². The Morgan fingerprint density at radius 3 is 1.94 bits per heavy atom. The van der Waals surface area contributed by atoms with Crippen LogP contribution < -0.4 is 5.32 Å². The number of benzene rings is 3. The number of halogens is 8. The summed E-state index contributed by atoms with van der Waals surface area (Å²) < 4.78 is 106. The van der Waals surface area contributed by atoms with Gasteiger partial charge in [0.2, 0.25) is 5.91 Å². The van der Waals surface area contributed by atoms with Gasteiger partial charge >= 0.3 is 12.4 Å². The lowest BCUT2D eigenvalue weighted by molar-refractivity contribution is -0.163. The summed E-state index contributed by atoms with van der Waals surface area (Å²) in [7, 11) is 0. The lowest BCUT2D eigenvalue weighted by atomic mass is 9.81. The van der Waals surface area contributed by atoms with Gasteiger partial charge in [0, 0.05) is 5.92 Å². The van der Waals surface area contributed by atoms with Crippen LogP contribution in [0.15, 0.2) is 72.8 Å². The van der Waals surface area contributed by atoms with E-state index in [1.165, 1.54) is 36.4 Å². The van der Waals surface area contributed by atoms with Crippen molar-refractivity contribution >= 4 is 5.91 Å². The molecule has 3 atom stereocenters. The predicted molar refractivity (Wildman–Crippen MR) is 114 cm³/mol. The number of carbonyl (C=O) groups excluding carboxylic acids is 1. The third-order valence-electron chi connectivity index (χ3n) is 5.35. The van der Waals surface area contributed by atoms with Crippen molar-refractivity contribution in [1.82, 2.24) is 5.32 Å². The first kappa shape index (κ1) is 27.1. The molecule has 0 radical (unpaired) electrons. The van der Waals surface area contributed by atoms with E-state index in [0.29, 0.717) is 6.07 Å². The zero-order chi connectivity index (χ0) is 26.7. The summed E-state index contributed by atoms with van der Waals surface area (Å²) in [6.45, 7) is 0. The molecule has 3 aromatic carbocycles. The van der Waals surface area contributed by atoms with Crippen molar-refractivity contribution in [1.29, 1.82) is 0 Å². The fourth-order valence-corrected chi connectivity index (χ4v) is 3.78. The number of aliphatic hydroxyl groups excluding tert-OH is 1. The Balaban J connectivity index is 2.18. The summed E-state index contributed by atoms with van der Waals surface area (Å²) >= 11 is 0. The van der Waals surface area contributed by atoms with Crippen LogP contribution >= 0.6 is 0 Å². The largest absolute Gasteiger partial charge is 0.416 e. The molecular weight excluding hydrogens is 498 g/mol. The minimum atomic E-state index is -4.92. The molecule has 0 saturated carbocycles. The lowest BCUT2D eigenvalue weighted by Crippen LogP contribution is -2.41. The summed E-state index contributed by atoms with van der Waals surface area (Å²) in [5.41, 5.74) is -1.21. The van der Waals surface area contributed by atoms with Crippen LogP contribution in [0, 0.1) is 11.6 Å². The van der Waals surface area contributed by atoms with Gasteiger partial charge in [0.15, 0.2) is 0 Å². The van der Waals surface area contributed by atoms with Crippen molar-refractivity contribution in [3.05, 3.63) is 107 Å². The number of alkyl halides is 6. The van der Waals surface area contributed by atoms with Crippen molar-refractivity contribution in [2.45, 2.75) is 36.8 Å². The van der Waals surface area contributed by atoms with E-state index >= 15 is 0 Å². The van der Waals surface area contributed by atoms with Gasteiger partial charge in [-0.2, -0.15) is 26.3 Å². The van der Waals surface area contributed by atoms with Crippen molar-refractivity contribution in [2.24, 2.45) is 0 Å². The summed E-state index contributed by atoms with van der Waals surface area (Å²) in [5, 5.41) is 12.0. The molecule has 1 amide bonds. The monoisotopic (exact) mass is 517 g/mol. The molecule has 0 saturated heterocycles. The first-order valence-electron chi connectivity index (χ1n) is 10.5. The molecule has 3 nitrogen and oxygen atoms in total. The van der Waals surface area contributed by atoms with E-state index in [1.54, 1.807) is 6.07 Å². The molecule has 0 aliphatic carbocycles. The summed E-state index contributed by atoms with van der Waals surface area (Å²) in [5.74, 6) is -4.66. The predicted octanol–water partition coefficient (Wildman–Crippen LogP) is 6.29. The second-order valence-corrected chi connectivity index (χ2v) is 8.03. The number of nitrogens with one attached hydrogen (secondary N) is 1. The Kier molecular flexibility index (Phi) is 8.02. The van der Waals surface area contributed by atoms with E-state index in [-0.39, 0.29) is 22.8 Å². The molecule has 11 heteroatoms. The van der Waals surface area contributed by atoms with Crippen LogP contribution in [-0.4, -0.2) is 23.3 Å². The van der Waals surface area contributed by atoms with Gasteiger partial charge < -0.3 is 10.4 Å². The molecular formula is C25H19F8NO2. The van der Waals surface area contributed by atoms with Gasteiger partial charge in [-0.05, 0) is 47.0 Å². The van der Waals surface area contributed by atoms with Crippen molar-refractivity contribution in [2.75, 3.05) is 0 Å². The standard InChI is InChI=1S/C25H19F8NO2/c26-18-8-6-15(7-9-18)22(34-23(36)20(35)13-24(28,29)30)21(14-4-2-1-3-5-14)16-10-17(25(31,32)33)12-19(27)11-16/h1-12,20-22,35H,13H2,(H,34,36)/t20-,21-,22?/m1/s1. The molecule has 0 aliphatic heterocycles. The minimum absolute atomic E-state index is 0.0932. The van der Waals surface area contributed by atoms with Crippen molar-refractivity contribution in [3.63, 3.8) is 0 Å². The lowest BCUT2D eigenvalue weighted by Gasteiger charge is -2.31. The maximum absolute atomic E-state index is 14.3. The first-order chi connectivity index (χ1) is 16.7. The van der Waals surface area contributed by atoms with Gasteiger partial charge in [0.1, 0.15) is 17.7 Å².